The Labute approximate surface area is 140 Å². The maximum Gasteiger partial charge on any atom is 0.311 e. The fourth-order valence-corrected chi connectivity index (χ4v) is 4.23. The van der Waals surface area contributed by atoms with Crippen molar-refractivity contribution in [2.45, 2.75) is 59.8 Å². The van der Waals surface area contributed by atoms with E-state index in [2.05, 4.69) is 13.2 Å². The second-order valence-corrected chi connectivity index (χ2v) is 8.51. The number of carbonyl (C=O) groups is 2. The second kappa shape index (κ2) is 6.26. The average Bonchev–Trinajstić information content (AvgIpc) is 2.72. The van der Waals surface area contributed by atoms with Gasteiger partial charge in [0.2, 0.25) is 0 Å². The van der Waals surface area contributed by atoms with Gasteiger partial charge in [0.25, 0.3) is 0 Å². The standard InChI is InChI=1S/C20H30O3/c1-13(2)16-10-17(21)15-12-20(16,11-14(15)3)8-7-9-23-18(22)19(4,5)6/h15-16H,1,3,7-12H2,2,4-6H3/t15-,16+,20+/m1/s1. The molecule has 23 heavy (non-hydrogen) atoms. The summed E-state index contributed by atoms with van der Waals surface area (Å²) in [6.07, 6.45) is 4.20. The van der Waals surface area contributed by atoms with Gasteiger partial charge in [0, 0.05) is 12.3 Å². The molecule has 128 valence electrons. The highest BCUT2D eigenvalue weighted by atomic mass is 16.5. The Morgan fingerprint density at radius 1 is 1.39 bits per heavy atom. The van der Waals surface area contributed by atoms with Crippen molar-refractivity contribution in [3.8, 4) is 0 Å². The zero-order chi connectivity index (χ0) is 17.4. The number of hydrogen-bond acceptors (Lipinski definition) is 3. The van der Waals surface area contributed by atoms with Crippen LogP contribution in [-0.4, -0.2) is 18.4 Å². The van der Waals surface area contributed by atoms with Crippen LogP contribution in [0, 0.1) is 22.7 Å². The zero-order valence-corrected chi connectivity index (χ0v) is 15.0. The molecule has 0 amide bonds. The predicted molar refractivity (Wildman–Crippen MR) is 91.9 cm³/mol. The number of fused-ring (bicyclic) bond motifs is 2. The van der Waals surface area contributed by atoms with Gasteiger partial charge < -0.3 is 4.74 Å². The summed E-state index contributed by atoms with van der Waals surface area (Å²) in [6, 6.07) is 0. The van der Waals surface area contributed by atoms with Gasteiger partial charge in [0.15, 0.2) is 0 Å². The Hall–Kier alpha value is -1.38. The minimum Gasteiger partial charge on any atom is -0.465 e. The van der Waals surface area contributed by atoms with E-state index in [0.29, 0.717) is 18.8 Å². The first-order valence-corrected chi connectivity index (χ1v) is 8.60. The predicted octanol–water partition coefficient (Wildman–Crippen LogP) is 4.47. The van der Waals surface area contributed by atoms with Crippen LogP contribution in [0.3, 0.4) is 0 Å². The highest BCUT2D eigenvalue weighted by Crippen LogP contribution is 2.59. The lowest BCUT2D eigenvalue weighted by Gasteiger charge is -2.41. The van der Waals surface area contributed by atoms with Crippen molar-refractivity contribution in [2.24, 2.45) is 22.7 Å². The van der Waals surface area contributed by atoms with Gasteiger partial charge in [-0.15, -0.1) is 0 Å². The van der Waals surface area contributed by atoms with Gasteiger partial charge in [-0.3, -0.25) is 9.59 Å². The molecule has 0 aliphatic heterocycles. The SMILES string of the molecule is C=C1C[C@@]2(CCCOC(=O)C(C)(C)C)C[C@H]1C(=O)C[C@H]2C(=C)C. The van der Waals surface area contributed by atoms with Crippen LogP contribution in [0.1, 0.15) is 59.8 Å². The van der Waals surface area contributed by atoms with Crippen LogP contribution in [0.2, 0.25) is 0 Å². The fraction of sp³-hybridized carbons (Fsp3) is 0.700. The summed E-state index contributed by atoms with van der Waals surface area (Å²) in [4.78, 5) is 24.1. The molecule has 0 unspecified atom stereocenters. The molecule has 0 aromatic carbocycles. The molecule has 2 saturated carbocycles. The third-order valence-corrected chi connectivity index (χ3v) is 5.48. The minimum absolute atomic E-state index is 0.0442. The zero-order valence-electron chi connectivity index (χ0n) is 15.0. The van der Waals surface area contributed by atoms with Crippen molar-refractivity contribution in [3.05, 3.63) is 24.3 Å². The maximum absolute atomic E-state index is 12.3. The van der Waals surface area contributed by atoms with E-state index >= 15 is 0 Å². The lowest BCUT2D eigenvalue weighted by atomic mass is 9.63. The Balaban J connectivity index is 1.99. The second-order valence-electron chi connectivity index (χ2n) is 8.51. The number of rotatable bonds is 5. The van der Waals surface area contributed by atoms with E-state index in [1.54, 1.807) is 0 Å². The Morgan fingerprint density at radius 2 is 2.04 bits per heavy atom. The Morgan fingerprint density at radius 3 is 2.61 bits per heavy atom. The van der Waals surface area contributed by atoms with Crippen LogP contribution in [0.25, 0.3) is 0 Å². The summed E-state index contributed by atoms with van der Waals surface area (Å²) >= 11 is 0. The Kier molecular flexibility index (Phi) is 4.89. The summed E-state index contributed by atoms with van der Waals surface area (Å²) < 4.78 is 5.39. The van der Waals surface area contributed by atoms with E-state index < -0.39 is 5.41 Å². The molecule has 0 aromatic rings. The largest absolute Gasteiger partial charge is 0.465 e. The van der Waals surface area contributed by atoms with E-state index in [0.717, 1.165) is 36.8 Å². The molecule has 2 bridgehead atoms. The molecule has 0 radical (unpaired) electrons. The van der Waals surface area contributed by atoms with Gasteiger partial charge in [-0.2, -0.15) is 0 Å². The number of esters is 1. The molecular formula is C20H30O3. The van der Waals surface area contributed by atoms with Crippen molar-refractivity contribution in [2.75, 3.05) is 6.61 Å². The molecule has 2 aliphatic rings. The number of carbonyl (C=O) groups excluding carboxylic acids is 2. The van der Waals surface area contributed by atoms with Crippen LogP contribution in [0.5, 0.6) is 0 Å². The first kappa shape index (κ1) is 18.0. The van der Waals surface area contributed by atoms with E-state index in [-0.39, 0.29) is 23.2 Å². The van der Waals surface area contributed by atoms with Gasteiger partial charge in [-0.25, -0.2) is 0 Å². The lowest BCUT2D eigenvalue weighted by Crippen LogP contribution is -2.36. The van der Waals surface area contributed by atoms with E-state index in [9.17, 15) is 9.59 Å². The summed E-state index contributed by atoms with van der Waals surface area (Å²) in [5.74, 6) is 0.459. The molecule has 2 fully saturated rings. The maximum atomic E-state index is 12.3. The molecule has 2 rings (SSSR count). The fourth-order valence-electron chi connectivity index (χ4n) is 4.23. The first-order chi connectivity index (χ1) is 10.6. The summed E-state index contributed by atoms with van der Waals surface area (Å²) in [7, 11) is 0. The minimum atomic E-state index is -0.456. The molecule has 0 spiro atoms. The number of Topliss-reactive ketones (excluding diaryl/α,β-unsaturated/α-hetero) is 1. The number of ketones is 1. The summed E-state index contributed by atoms with van der Waals surface area (Å²) in [5.41, 5.74) is 1.82. The number of hydrogen-bond donors (Lipinski definition) is 0. The monoisotopic (exact) mass is 318 g/mol. The molecule has 3 heteroatoms. The number of allylic oxidation sites excluding steroid dienone is 2. The van der Waals surface area contributed by atoms with E-state index in [4.69, 9.17) is 4.74 Å². The topological polar surface area (TPSA) is 43.4 Å². The molecule has 0 N–H and O–H groups in total. The molecule has 3 nitrogen and oxygen atoms in total. The third-order valence-electron chi connectivity index (χ3n) is 5.48. The van der Waals surface area contributed by atoms with Gasteiger partial charge >= 0.3 is 5.97 Å². The van der Waals surface area contributed by atoms with Gasteiger partial charge in [-0.1, -0.05) is 24.3 Å². The van der Waals surface area contributed by atoms with Crippen LogP contribution < -0.4 is 0 Å². The normalized spacial score (nSPS) is 30.4. The van der Waals surface area contributed by atoms with Crippen molar-refractivity contribution in [3.63, 3.8) is 0 Å². The Bertz CT molecular complexity index is 538. The molecule has 3 atom stereocenters. The van der Waals surface area contributed by atoms with E-state index in [1.807, 2.05) is 27.7 Å². The summed E-state index contributed by atoms with van der Waals surface area (Å²) in [6.45, 7) is 16.3. The van der Waals surface area contributed by atoms with Crippen LogP contribution in [-0.2, 0) is 14.3 Å². The summed E-state index contributed by atoms with van der Waals surface area (Å²) in [5, 5.41) is 0. The van der Waals surface area contributed by atoms with Gasteiger partial charge in [-0.05, 0) is 64.7 Å². The molecular weight excluding hydrogens is 288 g/mol. The van der Waals surface area contributed by atoms with Gasteiger partial charge in [0.05, 0.1) is 12.0 Å². The van der Waals surface area contributed by atoms with E-state index in [1.165, 1.54) is 0 Å². The first-order valence-electron chi connectivity index (χ1n) is 8.60. The van der Waals surface area contributed by atoms with Gasteiger partial charge in [0.1, 0.15) is 5.78 Å². The quantitative estimate of drug-likeness (QED) is 0.426. The van der Waals surface area contributed by atoms with Crippen molar-refractivity contribution < 1.29 is 14.3 Å². The molecule has 2 aliphatic carbocycles. The highest BCUT2D eigenvalue weighted by molar-refractivity contribution is 5.86. The lowest BCUT2D eigenvalue weighted by molar-refractivity contribution is -0.153. The smallest absolute Gasteiger partial charge is 0.311 e. The third kappa shape index (κ3) is 3.59. The van der Waals surface area contributed by atoms with Crippen LogP contribution in [0.4, 0.5) is 0 Å². The van der Waals surface area contributed by atoms with Crippen molar-refractivity contribution in [1.29, 1.82) is 0 Å². The highest BCUT2D eigenvalue weighted by Gasteiger charge is 2.53. The number of ether oxygens (including phenoxy) is 1. The van der Waals surface area contributed by atoms with Crippen molar-refractivity contribution in [1.82, 2.24) is 0 Å². The average molecular weight is 318 g/mol. The van der Waals surface area contributed by atoms with Crippen molar-refractivity contribution >= 4 is 11.8 Å². The van der Waals surface area contributed by atoms with Crippen LogP contribution in [0.15, 0.2) is 24.3 Å². The molecule has 0 heterocycles. The van der Waals surface area contributed by atoms with Crippen LogP contribution >= 0.6 is 0 Å². The molecule has 0 saturated heterocycles. The molecule has 0 aromatic heterocycles.